The fourth-order valence-corrected chi connectivity index (χ4v) is 3.81. The molecule has 0 aliphatic carbocycles. The first-order valence-electron chi connectivity index (χ1n) is 9.91. The number of halogens is 1. The number of methoxy groups -OCH3 is 1. The van der Waals surface area contributed by atoms with Crippen molar-refractivity contribution >= 4 is 5.91 Å². The van der Waals surface area contributed by atoms with Crippen LogP contribution in [0.15, 0.2) is 42.5 Å². The molecular weight excluding hydrogens is 397 g/mol. The molecule has 4 rings (SSSR count). The summed E-state index contributed by atoms with van der Waals surface area (Å²) in [7, 11) is 1.58. The van der Waals surface area contributed by atoms with Crippen molar-refractivity contribution < 1.29 is 13.9 Å². The fourth-order valence-electron chi connectivity index (χ4n) is 3.81. The molecule has 2 heterocycles. The lowest BCUT2D eigenvalue weighted by Crippen LogP contribution is -2.32. The van der Waals surface area contributed by atoms with Crippen molar-refractivity contribution in [2.45, 2.75) is 19.4 Å². The maximum absolute atomic E-state index is 14.4. The molecule has 1 saturated heterocycles. The molecule has 1 amide bonds. The SMILES string of the molecule is COc1ccc(-n2c(-c3ccc(C#N)c(F)c3)nc(C(=O)N3CC[C@H](N)C3)c2C)cc1. The number of nitrogens with zero attached hydrogens (tertiary/aromatic N) is 4. The molecule has 1 fully saturated rings. The lowest BCUT2D eigenvalue weighted by Gasteiger charge is -2.15. The quantitative estimate of drug-likeness (QED) is 0.701. The van der Waals surface area contributed by atoms with E-state index in [0.717, 1.165) is 12.1 Å². The van der Waals surface area contributed by atoms with Crippen LogP contribution in [0.5, 0.6) is 5.75 Å². The summed E-state index contributed by atoms with van der Waals surface area (Å²) in [5, 5.41) is 9.04. The van der Waals surface area contributed by atoms with Crippen LogP contribution in [-0.4, -0.2) is 46.6 Å². The predicted molar refractivity (Wildman–Crippen MR) is 113 cm³/mol. The van der Waals surface area contributed by atoms with Crippen molar-refractivity contribution in [3.05, 3.63) is 65.2 Å². The molecule has 3 aromatic rings. The number of nitrogens with two attached hydrogens (primary N) is 1. The molecule has 0 radical (unpaired) electrons. The van der Waals surface area contributed by atoms with E-state index in [1.54, 1.807) is 30.2 Å². The van der Waals surface area contributed by atoms with Crippen LogP contribution in [0.25, 0.3) is 17.1 Å². The topological polar surface area (TPSA) is 97.2 Å². The molecular formula is C23H22FN5O2. The van der Waals surface area contributed by atoms with E-state index in [-0.39, 0.29) is 17.5 Å². The van der Waals surface area contributed by atoms with Crippen molar-refractivity contribution in [2.75, 3.05) is 20.2 Å². The maximum Gasteiger partial charge on any atom is 0.274 e. The van der Waals surface area contributed by atoms with E-state index in [9.17, 15) is 9.18 Å². The Morgan fingerprint density at radius 3 is 2.61 bits per heavy atom. The maximum atomic E-state index is 14.4. The first-order chi connectivity index (χ1) is 14.9. The van der Waals surface area contributed by atoms with Gasteiger partial charge in [-0.25, -0.2) is 9.37 Å². The minimum atomic E-state index is -0.639. The summed E-state index contributed by atoms with van der Waals surface area (Å²) < 4.78 is 21.4. The molecule has 0 bridgehead atoms. The molecule has 0 unspecified atom stereocenters. The molecule has 31 heavy (non-hydrogen) atoms. The first kappa shape index (κ1) is 20.6. The van der Waals surface area contributed by atoms with Gasteiger partial charge in [0.15, 0.2) is 0 Å². The molecule has 1 atom stereocenters. The van der Waals surface area contributed by atoms with E-state index < -0.39 is 5.82 Å². The van der Waals surface area contributed by atoms with Crippen molar-refractivity contribution in [2.24, 2.45) is 5.73 Å². The van der Waals surface area contributed by atoms with E-state index >= 15 is 0 Å². The number of benzene rings is 2. The second-order valence-corrected chi connectivity index (χ2v) is 7.51. The van der Waals surface area contributed by atoms with Crippen LogP contribution >= 0.6 is 0 Å². The van der Waals surface area contributed by atoms with Gasteiger partial charge in [0.25, 0.3) is 5.91 Å². The number of imidazole rings is 1. The minimum absolute atomic E-state index is 0.0416. The number of carbonyl (C=O) groups is 1. The number of amides is 1. The largest absolute Gasteiger partial charge is 0.497 e. The molecule has 158 valence electrons. The van der Waals surface area contributed by atoms with Crippen molar-refractivity contribution in [1.82, 2.24) is 14.5 Å². The average Bonchev–Trinajstić information content (AvgIpc) is 3.36. The van der Waals surface area contributed by atoms with E-state index in [2.05, 4.69) is 4.98 Å². The van der Waals surface area contributed by atoms with Gasteiger partial charge in [0.05, 0.1) is 18.4 Å². The summed E-state index contributed by atoms with van der Waals surface area (Å²) in [6.45, 7) is 2.87. The van der Waals surface area contributed by atoms with Gasteiger partial charge in [0, 0.05) is 30.4 Å². The molecule has 2 aromatic carbocycles. The predicted octanol–water partition coefficient (Wildman–Crippen LogP) is 3.04. The van der Waals surface area contributed by atoms with Crippen LogP contribution in [0.4, 0.5) is 4.39 Å². The third-order valence-electron chi connectivity index (χ3n) is 5.50. The van der Waals surface area contributed by atoms with Crippen LogP contribution < -0.4 is 10.5 Å². The standard InChI is InChI=1S/C23H22FN5O2/c1-14-21(23(30)28-10-9-17(26)13-28)27-22(15-3-4-16(12-25)20(24)11-15)29(14)18-5-7-19(31-2)8-6-18/h3-8,11,17H,9-10,13,26H2,1-2H3/t17-/m0/s1. The van der Waals surface area contributed by atoms with Gasteiger partial charge in [-0.05, 0) is 55.8 Å². The van der Waals surface area contributed by atoms with E-state index in [1.807, 2.05) is 29.7 Å². The Labute approximate surface area is 179 Å². The van der Waals surface area contributed by atoms with Gasteiger partial charge in [-0.2, -0.15) is 5.26 Å². The molecule has 1 aliphatic heterocycles. The van der Waals surface area contributed by atoms with Gasteiger partial charge in [-0.1, -0.05) is 0 Å². The lowest BCUT2D eigenvalue weighted by atomic mass is 10.1. The van der Waals surface area contributed by atoms with Gasteiger partial charge in [0.1, 0.15) is 29.2 Å². The molecule has 0 saturated carbocycles. The molecule has 2 N–H and O–H groups in total. The highest BCUT2D eigenvalue weighted by molar-refractivity contribution is 5.94. The average molecular weight is 419 g/mol. The summed E-state index contributed by atoms with van der Waals surface area (Å²) >= 11 is 0. The number of ether oxygens (including phenoxy) is 1. The van der Waals surface area contributed by atoms with Crippen LogP contribution in [0.2, 0.25) is 0 Å². The van der Waals surface area contributed by atoms with Gasteiger partial charge in [-0.3, -0.25) is 9.36 Å². The van der Waals surface area contributed by atoms with E-state index in [1.165, 1.54) is 12.1 Å². The summed E-state index contributed by atoms with van der Waals surface area (Å²) in [5.41, 5.74) is 8.07. The molecule has 0 spiro atoms. The summed E-state index contributed by atoms with van der Waals surface area (Å²) in [5.74, 6) is 0.265. The van der Waals surface area contributed by atoms with E-state index in [4.69, 9.17) is 15.7 Å². The summed E-state index contributed by atoms with van der Waals surface area (Å²) in [4.78, 5) is 19.5. The second-order valence-electron chi connectivity index (χ2n) is 7.51. The Kier molecular flexibility index (Phi) is 5.44. The van der Waals surface area contributed by atoms with Gasteiger partial charge < -0.3 is 15.4 Å². The third kappa shape index (κ3) is 3.76. The zero-order valence-corrected chi connectivity index (χ0v) is 17.3. The number of rotatable bonds is 4. The zero-order valence-electron chi connectivity index (χ0n) is 17.3. The highest BCUT2D eigenvalue weighted by Crippen LogP contribution is 2.29. The Bertz CT molecular complexity index is 1180. The molecule has 8 heteroatoms. The minimum Gasteiger partial charge on any atom is -0.497 e. The van der Waals surface area contributed by atoms with Gasteiger partial charge in [0.2, 0.25) is 0 Å². The molecule has 7 nitrogen and oxygen atoms in total. The third-order valence-corrected chi connectivity index (χ3v) is 5.50. The Hall–Kier alpha value is -3.70. The summed E-state index contributed by atoms with van der Waals surface area (Å²) in [6.07, 6.45) is 0.748. The van der Waals surface area contributed by atoms with Gasteiger partial charge >= 0.3 is 0 Å². The number of hydrogen-bond acceptors (Lipinski definition) is 5. The Morgan fingerprint density at radius 1 is 1.29 bits per heavy atom. The van der Waals surface area contributed by atoms with Crippen LogP contribution in [-0.2, 0) is 0 Å². The number of hydrogen-bond donors (Lipinski definition) is 1. The molecule has 1 aliphatic rings. The number of likely N-dealkylation sites (tertiary alicyclic amines) is 1. The molecule has 1 aromatic heterocycles. The first-order valence-corrected chi connectivity index (χ1v) is 9.91. The van der Waals surface area contributed by atoms with Crippen LogP contribution in [0.3, 0.4) is 0 Å². The monoisotopic (exact) mass is 419 g/mol. The second kappa shape index (κ2) is 8.20. The number of nitriles is 1. The van der Waals surface area contributed by atoms with Crippen LogP contribution in [0, 0.1) is 24.1 Å². The lowest BCUT2D eigenvalue weighted by molar-refractivity contribution is 0.0785. The van der Waals surface area contributed by atoms with Gasteiger partial charge in [-0.15, -0.1) is 0 Å². The Balaban J connectivity index is 1.86. The number of aromatic nitrogens is 2. The van der Waals surface area contributed by atoms with Crippen molar-refractivity contribution in [3.63, 3.8) is 0 Å². The fraction of sp³-hybridized carbons (Fsp3) is 0.261. The number of carbonyl (C=O) groups excluding carboxylic acids is 1. The van der Waals surface area contributed by atoms with E-state index in [0.29, 0.717) is 41.6 Å². The normalized spacial score (nSPS) is 15.7. The Morgan fingerprint density at radius 2 is 2.03 bits per heavy atom. The van der Waals surface area contributed by atoms with Crippen LogP contribution in [0.1, 0.15) is 28.2 Å². The van der Waals surface area contributed by atoms with Crippen molar-refractivity contribution in [3.8, 4) is 28.9 Å². The van der Waals surface area contributed by atoms with Crippen molar-refractivity contribution in [1.29, 1.82) is 5.26 Å². The highest BCUT2D eigenvalue weighted by Gasteiger charge is 2.29. The summed E-state index contributed by atoms with van der Waals surface area (Å²) in [6, 6.07) is 13.4. The zero-order chi connectivity index (χ0) is 22.1. The highest BCUT2D eigenvalue weighted by atomic mass is 19.1. The smallest absolute Gasteiger partial charge is 0.274 e.